The minimum absolute atomic E-state index is 0.0939. The Morgan fingerprint density at radius 1 is 1.13 bits per heavy atom. The van der Waals surface area contributed by atoms with Crippen molar-refractivity contribution in [2.45, 2.75) is 34.8 Å². The van der Waals surface area contributed by atoms with E-state index in [0.29, 0.717) is 15.9 Å². The van der Waals surface area contributed by atoms with Gasteiger partial charge >= 0.3 is 5.97 Å². The Balaban J connectivity index is 0.000000330. The number of H-pyrrole nitrogens is 1. The number of esters is 1. The van der Waals surface area contributed by atoms with E-state index in [9.17, 15) is 21.6 Å². The molecule has 0 radical (unpaired) electrons. The van der Waals surface area contributed by atoms with E-state index in [1.54, 1.807) is 37.3 Å². The summed E-state index contributed by atoms with van der Waals surface area (Å²) in [6.45, 7) is 1.79. The average molecular weight is 485 g/mol. The number of carbonyl (C=O) groups is 1. The first-order valence-corrected chi connectivity index (χ1v) is 12.8. The van der Waals surface area contributed by atoms with Gasteiger partial charge in [0.05, 0.1) is 16.8 Å². The minimum Gasteiger partial charge on any atom is -0.461 e. The molecule has 1 fully saturated rings. The van der Waals surface area contributed by atoms with Gasteiger partial charge in [0.1, 0.15) is 10.6 Å². The van der Waals surface area contributed by atoms with Crippen molar-refractivity contribution >= 4 is 48.3 Å². The Hall–Kier alpha value is -2.40. The first-order chi connectivity index (χ1) is 14.6. The molecular weight excluding hydrogens is 464 g/mol. The molecule has 1 heterocycles. The van der Waals surface area contributed by atoms with Crippen molar-refractivity contribution < 1.29 is 26.4 Å². The summed E-state index contributed by atoms with van der Waals surface area (Å²) in [7, 11) is -7.05. The number of hydrogen-bond acceptors (Lipinski definition) is 6. The molecule has 3 N–H and O–H groups in total. The van der Waals surface area contributed by atoms with Gasteiger partial charge in [-0.2, -0.15) is 0 Å². The number of primary sulfonamides is 1. The second kappa shape index (κ2) is 8.99. The van der Waals surface area contributed by atoms with Crippen molar-refractivity contribution in [3.8, 4) is 0 Å². The molecule has 1 aromatic heterocycles. The molecule has 4 rings (SSSR count). The number of ether oxygens (including phenoxy) is 1. The third kappa shape index (κ3) is 5.27. The summed E-state index contributed by atoms with van der Waals surface area (Å²) in [5, 5.41) is 5.24. The highest BCUT2D eigenvalue weighted by Crippen LogP contribution is 2.33. The van der Waals surface area contributed by atoms with Crippen LogP contribution in [0.4, 0.5) is 0 Å². The summed E-state index contributed by atoms with van der Waals surface area (Å²) in [5.74, 6) is -0.723. The Kier molecular flexibility index (Phi) is 6.75. The van der Waals surface area contributed by atoms with Gasteiger partial charge in [-0.05, 0) is 50.1 Å². The van der Waals surface area contributed by atoms with Gasteiger partial charge in [0, 0.05) is 15.9 Å². The molecule has 1 saturated carbocycles. The summed E-state index contributed by atoms with van der Waals surface area (Å²) in [6.07, 6.45) is 1.53. The number of benzene rings is 2. The average Bonchev–Trinajstić information content (AvgIpc) is 3.50. The van der Waals surface area contributed by atoms with Crippen LogP contribution < -0.4 is 5.14 Å². The van der Waals surface area contributed by atoms with E-state index in [1.807, 2.05) is 0 Å². The lowest BCUT2D eigenvalue weighted by Gasteiger charge is -2.07. The van der Waals surface area contributed by atoms with E-state index < -0.39 is 25.8 Å². The van der Waals surface area contributed by atoms with Crippen molar-refractivity contribution in [1.82, 2.24) is 4.98 Å². The van der Waals surface area contributed by atoms with Gasteiger partial charge in [-0.1, -0.05) is 29.8 Å². The molecule has 0 spiro atoms. The van der Waals surface area contributed by atoms with E-state index in [1.165, 1.54) is 18.2 Å². The van der Waals surface area contributed by atoms with Crippen LogP contribution in [0.25, 0.3) is 10.9 Å². The van der Waals surface area contributed by atoms with Gasteiger partial charge in [-0.3, -0.25) is 0 Å². The van der Waals surface area contributed by atoms with Crippen LogP contribution in [0.15, 0.2) is 58.3 Å². The van der Waals surface area contributed by atoms with E-state index in [2.05, 4.69) is 4.98 Å². The van der Waals surface area contributed by atoms with Crippen molar-refractivity contribution in [1.29, 1.82) is 0 Å². The lowest BCUT2D eigenvalue weighted by atomic mass is 10.2. The molecule has 0 aliphatic heterocycles. The van der Waals surface area contributed by atoms with Crippen LogP contribution in [-0.4, -0.2) is 39.6 Å². The molecular formula is C20H21ClN2O6S2. The Labute approximate surface area is 185 Å². The molecule has 0 atom stereocenters. The highest BCUT2D eigenvalue weighted by atomic mass is 35.5. The summed E-state index contributed by atoms with van der Waals surface area (Å²) in [4.78, 5) is 15.1. The number of fused-ring (bicyclic) bond motifs is 1. The lowest BCUT2D eigenvalue weighted by Crippen LogP contribution is -2.16. The number of aromatic nitrogens is 1. The fraction of sp³-hybridized carbons (Fsp3) is 0.250. The summed E-state index contributed by atoms with van der Waals surface area (Å²) >= 11 is 6.01. The fourth-order valence-electron chi connectivity index (χ4n) is 2.88. The first-order valence-electron chi connectivity index (χ1n) is 9.35. The summed E-state index contributed by atoms with van der Waals surface area (Å²) < 4.78 is 51.5. The fourth-order valence-corrected chi connectivity index (χ4v) is 5.46. The largest absolute Gasteiger partial charge is 0.461 e. The van der Waals surface area contributed by atoms with Gasteiger partial charge in [-0.25, -0.2) is 26.8 Å². The number of sulfonamides is 1. The van der Waals surface area contributed by atoms with Gasteiger partial charge < -0.3 is 9.72 Å². The van der Waals surface area contributed by atoms with Crippen LogP contribution in [0.1, 0.15) is 30.3 Å². The van der Waals surface area contributed by atoms with Crippen LogP contribution in [0.5, 0.6) is 0 Å². The maximum absolute atomic E-state index is 13.1. The van der Waals surface area contributed by atoms with Crippen LogP contribution in [0.2, 0.25) is 5.02 Å². The maximum atomic E-state index is 13.1. The normalized spacial score (nSPS) is 14.0. The Bertz CT molecular complexity index is 1310. The molecule has 166 valence electrons. The molecule has 0 unspecified atom stereocenters. The van der Waals surface area contributed by atoms with Crippen LogP contribution >= 0.6 is 11.6 Å². The molecule has 0 saturated heterocycles. The highest BCUT2D eigenvalue weighted by Gasteiger charge is 2.32. The van der Waals surface area contributed by atoms with E-state index in [0.717, 1.165) is 12.8 Å². The number of nitrogens with one attached hydrogen (secondary N) is 1. The number of sulfone groups is 1. The standard InChI is InChI=1S/C17H14ClNO4S.C3H7NO2S/c1-2-23-17(20)15-16(13-10-11(18)8-9-14(13)19-15)24(21,22)12-6-4-3-5-7-12;4-7(5,6)3-1-2-3/h3-10,19H,2H2,1H3;3H,1-2H2,(H2,4,5,6). The molecule has 31 heavy (non-hydrogen) atoms. The topological polar surface area (TPSA) is 136 Å². The second-order valence-electron chi connectivity index (χ2n) is 6.84. The van der Waals surface area contributed by atoms with Gasteiger partial charge in [0.25, 0.3) is 0 Å². The zero-order valence-corrected chi connectivity index (χ0v) is 18.9. The minimum atomic E-state index is -3.92. The summed E-state index contributed by atoms with van der Waals surface area (Å²) in [6, 6.07) is 12.7. The van der Waals surface area contributed by atoms with Crippen molar-refractivity contribution in [2.24, 2.45) is 5.14 Å². The Morgan fingerprint density at radius 3 is 2.29 bits per heavy atom. The molecule has 0 bridgehead atoms. The SMILES string of the molecule is CCOC(=O)c1[nH]c2ccc(Cl)cc2c1S(=O)(=O)c1ccccc1.NS(=O)(=O)C1CC1. The van der Waals surface area contributed by atoms with Crippen molar-refractivity contribution in [3.05, 3.63) is 59.2 Å². The molecule has 0 amide bonds. The first kappa shape index (κ1) is 23.3. The quantitative estimate of drug-likeness (QED) is 0.533. The molecule has 3 aromatic rings. The number of carbonyl (C=O) groups excluding carboxylic acids is 1. The van der Waals surface area contributed by atoms with Crippen LogP contribution in [0, 0.1) is 0 Å². The molecule has 2 aromatic carbocycles. The van der Waals surface area contributed by atoms with Gasteiger partial charge in [0.15, 0.2) is 0 Å². The third-order valence-electron chi connectivity index (χ3n) is 4.50. The van der Waals surface area contributed by atoms with Crippen molar-refractivity contribution in [2.75, 3.05) is 6.61 Å². The molecule has 11 heteroatoms. The zero-order chi connectivity index (χ0) is 22.8. The number of rotatable bonds is 5. The third-order valence-corrected chi connectivity index (χ3v) is 7.99. The van der Waals surface area contributed by atoms with Crippen LogP contribution in [-0.2, 0) is 24.6 Å². The summed E-state index contributed by atoms with van der Waals surface area (Å²) in [5.41, 5.74) is 0.398. The van der Waals surface area contributed by atoms with Gasteiger partial charge in [-0.15, -0.1) is 0 Å². The number of hydrogen-bond donors (Lipinski definition) is 2. The smallest absolute Gasteiger partial charge is 0.356 e. The zero-order valence-electron chi connectivity index (χ0n) is 16.5. The number of halogens is 1. The molecule has 1 aliphatic carbocycles. The highest BCUT2D eigenvalue weighted by molar-refractivity contribution is 7.91. The Morgan fingerprint density at radius 2 is 1.77 bits per heavy atom. The van der Waals surface area contributed by atoms with E-state index in [4.69, 9.17) is 21.5 Å². The van der Waals surface area contributed by atoms with Gasteiger partial charge in [0.2, 0.25) is 19.9 Å². The predicted octanol–water partition coefficient (Wildman–Crippen LogP) is 3.27. The number of aromatic amines is 1. The monoisotopic (exact) mass is 484 g/mol. The molecule has 8 nitrogen and oxygen atoms in total. The number of nitrogens with two attached hydrogens (primary N) is 1. The molecule has 1 aliphatic rings. The predicted molar refractivity (Wildman–Crippen MR) is 117 cm³/mol. The maximum Gasteiger partial charge on any atom is 0.356 e. The second-order valence-corrected chi connectivity index (χ2v) is 11.0. The van der Waals surface area contributed by atoms with Crippen molar-refractivity contribution in [3.63, 3.8) is 0 Å². The van der Waals surface area contributed by atoms with E-state index >= 15 is 0 Å². The lowest BCUT2D eigenvalue weighted by molar-refractivity contribution is 0.0516. The van der Waals surface area contributed by atoms with E-state index in [-0.39, 0.29) is 27.3 Å². The van der Waals surface area contributed by atoms with Crippen LogP contribution in [0.3, 0.4) is 0 Å².